The van der Waals surface area contributed by atoms with Crippen molar-refractivity contribution >= 4 is 0 Å². The molecule has 0 spiro atoms. The monoisotopic (exact) mass is 300 g/mol. The van der Waals surface area contributed by atoms with Crippen molar-refractivity contribution < 1.29 is 0 Å². The maximum absolute atomic E-state index is 2.31. The molecule has 0 saturated heterocycles. The minimum absolute atomic E-state index is 0.581. The second kappa shape index (κ2) is 7.78. The van der Waals surface area contributed by atoms with Crippen LogP contribution in [0.2, 0.25) is 0 Å². The highest BCUT2D eigenvalue weighted by Crippen LogP contribution is 2.28. The van der Waals surface area contributed by atoms with Gasteiger partial charge in [0, 0.05) is 0 Å². The van der Waals surface area contributed by atoms with E-state index in [1.807, 2.05) is 0 Å². The highest BCUT2D eigenvalue weighted by molar-refractivity contribution is 5.36. The molecular weight excluding hydrogens is 276 g/mol. The van der Waals surface area contributed by atoms with E-state index in [0.29, 0.717) is 5.92 Å². The molecule has 0 aliphatic carbocycles. The Morgan fingerprint density at radius 2 is 1.22 bits per heavy atom. The first-order chi connectivity index (χ1) is 11.4. The van der Waals surface area contributed by atoms with E-state index < -0.39 is 0 Å². The van der Waals surface area contributed by atoms with Gasteiger partial charge < -0.3 is 0 Å². The Kier molecular flexibility index (Phi) is 5.26. The predicted molar refractivity (Wildman–Crippen MR) is 98.9 cm³/mol. The largest absolute Gasteiger partial charge is 0.0648 e. The van der Waals surface area contributed by atoms with Crippen LogP contribution in [0.15, 0.2) is 84.9 Å². The molecular formula is C23H24. The van der Waals surface area contributed by atoms with E-state index in [4.69, 9.17) is 0 Å². The third kappa shape index (κ3) is 4.10. The van der Waals surface area contributed by atoms with Gasteiger partial charge in [0.1, 0.15) is 0 Å². The van der Waals surface area contributed by atoms with Crippen molar-refractivity contribution in [2.75, 3.05) is 0 Å². The van der Waals surface area contributed by atoms with E-state index >= 15 is 0 Å². The highest BCUT2D eigenvalue weighted by atomic mass is 14.2. The molecule has 0 heteroatoms. The standard InChI is InChI=1S/C23H24/c1-2-21(17-19-11-5-3-6-12-19)23-16-10-9-15-22(23)18-20-13-7-4-8-14-20/h3-16,21H,2,17-18H2,1H3. The van der Waals surface area contributed by atoms with Gasteiger partial charge in [-0.15, -0.1) is 0 Å². The zero-order chi connectivity index (χ0) is 15.9. The number of rotatable bonds is 6. The summed E-state index contributed by atoms with van der Waals surface area (Å²) in [5.74, 6) is 0.581. The molecule has 1 unspecified atom stereocenters. The molecule has 0 amide bonds. The molecule has 0 nitrogen and oxygen atoms in total. The fourth-order valence-electron chi connectivity index (χ4n) is 3.28. The molecule has 1 atom stereocenters. The summed E-state index contributed by atoms with van der Waals surface area (Å²) in [6.07, 6.45) is 3.30. The topological polar surface area (TPSA) is 0 Å². The smallest absolute Gasteiger partial charge is 0.00229 e. The van der Waals surface area contributed by atoms with Crippen molar-refractivity contribution in [3.63, 3.8) is 0 Å². The van der Waals surface area contributed by atoms with Crippen LogP contribution in [0.3, 0.4) is 0 Å². The average Bonchev–Trinajstić information content (AvgIpc) is 2.62. The van der Waals surface area contributed by atoms with Crippen LogP contribution in [0.4, 0.5) is 0 Å². The molecule has 3 aromatic carbocycles. The van der Waals surface area contributed by atoms with Crippen LogP contribution >= 0.6 is 0 Å². The van der Waals surface area contributed by atoms with Crippen LogP contribution in [-0.4, -0.2) is 0 Å². The SMILES string of the molecule is CCC(Cc1ccccc1)c1ccccc1Cc1ccccc1. The third-order valence-corrected chi connectivity index (χ3v) is 4.55. The number of hydrogen-bond donors (Lipinski definition) is 0. The van der Waals surface area contributed by atoms with Crippen LogP contribution in [0.1, 0.15) is 41.5 Å². The fourth-order valence-corrected chi connectivity index (χ4v) is 3.28. The van der Waals surface area contributed by atoms with Gasteiger partial charge in [-0.3, -0.25) is 0 Å². The molecule has 0 heterocycles. The van der Waals surface area contributed by atoms with Gasteiger partial charge in [-0.2, -0.15) is 0 Å². The van der Waals surface area contributed by atoms with Crippen molar-refractivity contribution in [2.24, 2.45) is 0 Å². The van der Waals surface area contributed by atoms with Crippen molar-refractivity contribution in [2.45, 2.75) is 32.1 Å². The number of hydrogen-bond acceptors (Lipinski definition) is 0. The van der Waals surface area contributed by atoms with Crippen LogP contribution < -0.4 is 0 Å². The van der Waals surface area contributed by atoms with Gasteiger partial charge in [0.15, 0.2) is 0 Å². The molecule has 3 aromatic rings. The van der Waals surface area contributed by atoms with E-state index in [0.717, 1.165) is 12.8 Å². The predicted octanol–water partition coefficient (Wildman–Crippen LogP) is 6.01. The lowest BCUT2D eigenvalue weighted by Gasteiger charge is -2.19. The Bertz CT molecular complexity index is 713. The molecule has 0 fully saturated rings. The zero-order valence-corrected chi connectivity index (χ0v) is 13.8. The van der Waals surface area contributed by atoms with Gasteiger partial charge in [0.05, 0.1) is 0 Å². The lowest BCUT2D eigenvalue weighted by Crippen LogP contribution is -2.06. The Labute approximate surface area is 139 Å². The minimum Gasteiger partial charge on any atom is -0.0648 e. The first kappa shape index (κ1) is 15.6. The van der Waals surface area contributed by atoms with Crippen LogP contribution in [0, 0.1) is 0 Å². The minimum atomic E-state index is 0.581. The van der Waals surface area contributed by atoms with E-state index in [1.54, 1.807) is 0 Å². The van der Waals surface area contributed by atoms with Gasteiger partial charge in [-0.1, -0.05) is 91.9 Å². The van der Waals surface area contributed by atoms with E-state index in [1.165, 1.54) is 28.7 Å². The summed E-state index contributed by atoms with van der Waals surface area (Å²) in [5.41, 5.74) is 5.77. The summed E-state index contributed by atoms with van der Waals surface area (Å²) in [4.78, 5) is 0. The van der Waals surface area contributed by atoms with Gasteiger partial charge in [0.25, 0.3) is 0 Å². The van der Waals surface area contributed by atoms with E-state index in [2.05, 4.69) is 91.9 Å². The molecule has 0 N–H and O–H groups in total. The van der Waals surface area contributed by atoms with Crippen molar-refractivity contribution in [3.05, 3.63) is 107 Å². The maximum Gasteiger partial charge on any atom is -0.00229 e. The lowest BCUT2D eigenvalue weighted by atomic mass is 9.85. The quantitative estimate of drug-likeness (QED) is 0.522. The first-order valence-electron chi connectivity index (χ1n) is 8.52. The van der Waals surface area contributed by atoms with Crippen molar-refractivity contribution in [1.82, 2.24) is 0 Å². The summed E-state index contributed by atoms with van der Waals surface area (Å²) >= 11 is 0. The molecule has 116 valence electrons. The lowest BCUT2D eigenvalue weighted by molar-refractivity contribution is 0.654. The molecule has 3 rings (SSSR count). The summed E-state index contributed by atoms with van der Waals surface area (Å²) in [6.45, 7) is 2.30. The average molecular weight is 300 g/mol. The molecule has 23 heavy (non-hydrogen) atoms. The zero-order valence-electron chi connectivity index (χ0n) is 13.8. The van der Waals surface area contributed by atoms with Gasteiger partial charge >= 0.3 is 0 Å². The van der Waals surface area contributed by atoms with Crippen LogP contribution in [0.5, 0.6) is 0 Å². The van der Waals surface area contributed by atoms with Gasteiger partial charge in [-0.05, 0) is 47.4 Å². The highest BCUT2D eigenvalue weighted by Gasteiger charge is 2.14. The van der Waals surface area contributed by atoms with Crippen molar-refractivity contribution in [1.29, 1.82) is 0 Å². The van der Waals surface area contributed by atoms with Crippen molar-refractivity contribution in [3.8, 4) is 0 Å². The van der Waals surface area contributed by atoms with Gasteiger partial charge in [0.2, 0.25) is 0 Å². The number of benzene rings is 3. The second-order valence-corrected chi connectivity index (χ2v) is 6.16. The van der Waals surface area contributed by atoms with Gasteiger partial charge in [-0.25, -0.2) is 0 Å². The molecule has 0 aliphatic heterocycles. The van der Waals surface area contributed by atoms with Crippen LogP contribution in [-0.2, 0) is 12.8 Å². The summed E-state index contributed by atoms with van der Waals surface area (Å²) in [7, 11) is 0. The summed E-state index contributed by atoms with van der Waals surface area (Å²) < 4.78 is 0. The summed E-state index contributed by atoms with van der Waals surface area (Å²) in [5, 5.41) is 0. The summed E-state index contributed by atoms with van der Waals surface area (Å²) in [6, 6.07) is 30.6. The molecule has 0 bridgehead atoms. The Morgan fingerprint density at radius 1 is 0.652 bits per heavy atom. The van der Waals surface area contributed by atoms with Crippen LogP contribution in [0.25, 0.3) is 0 Å². The maximum atomic E-state index is 2.31. The molecule has 0 aliphatic rings. The van der Waals surface area contributed by atoms with E-state index in [9.17, 15) is 0 Å². The molecule has 0 aromatic heterocycles. The first-order valence-corrected chi connectivity index (χ1v) is 8.52. The molecule has 0 radical (unpaired) electrons. The molecule has 0 saturated carbocycles. The fraction of sp³-hybridized carbons (Fsp3) is 0.217. The second-order valence-electron chi connectivity index (χ2n) is 6.16. The Balaban J connectivity index is 1.86. The normalized spacial score (nSPS) is 12.0. The Morgan fingerprint density at radius 3 is 1.87 bits per heavy atom. The third-order valence-electron chi connectivity index (χ3n) is 4.55. The van der Waals surface area contributed by atoms with E-state index in [-0.39, 0.29) is 0 Å². The Hall–Kier alpha value is -2.34.